The van der Waals surface area contributed by atoms with Crippen molar-refractivity contribution in [2.45, 2.75) is 26.8 Å². The lowest BCUT2D eigenvalue weighted by atomic mass is 9.95. The van der Waals surface area contributed by atoms with Crippen molar-refractivity contribution in [2.24, 2.45) is 4.99 Å². The molecule has 0 fully saturated rings. The van der Waals surface area contributed by atoms with Gasteiger partial charge in [-0.25, -0.2) is 14.5 Å². The lowest BCUT2D eigenvalue weighted by Gasteiger charge is -2.25. The van der Waals surface area contributed by atoms with Crippen molar-refractivity contribution >= 4 is 23.4 Å². The van der Waals surface area contributed by atoms with Crippen LogP contribution in [0.2, 0.25) is 0 Å². The Morgan fingerprint density at radius 3 is 2.42 bits per heavy atom. The summed E-state index contributed by atoms with van der Waals surface area (Å²) in [5, 5.41) is 4.92. The number of nitrogens with zero attached hydrogens (tertiary/aromatic N) is 4. The van der Waals surface area contributed by atoms with Crippen LogP contribution in [0.15, 0.2) is 106 Å². The average Bonchev–Trinajstić information content (AvgIpc) is 3.62. The first-order valence-electron chi connectivity index (χ1n) is 14.6. The van der Waals surface area contributed by atoms with Crippen LogP contribution in [0.25, 0.3) is 23.0 Å². The molecule has 0 bridgehead atoms. The van der Waals surface area contributed by atoms with Gasteiger partial charge in [-0.15, -0.1) is 0 Å². The molecule has 9 nitrogen and oxygen atoms in total. The molecule has 1 aliphatic rings. The van der Waals surface area contributed by atoms with Crippen molar-refractivity contribution in [3.63, 3.8) is 0 Å². The lowest BCUT2D eigenvalue weighted by molar-refractivity contribution is -0.139. The molecule has 45 heavy (non-hydrogen) atoms. The summed E-state index contributed by atoms with van der Waals surface area (Å²) >= 11 is 1.26. The van der Waals surface area contributed by atoms with Gasteiger partial charge in [0.25, 0.3) is 5.56 Å². The number of para-hydroxylation sites is 2. The quantitative estimate of drug-likeness (QED) is 0.214. The fourth-order valence-corrected chi connectivity index (χ4v) is 6.46. The molecule has 2 aromatic heterocycles. The Labute approximate surface area is 264 Å². The van der Waals surface area contributed by atoms with Crippen molar-refractivity contribution in [3.8, 4) is 28.4 Å². The molecule has 1 unspecified atom stereocenters. The number of rotatable bonds is 9. The predicted molar refractivity (Wildman–Crippen MR) is 174 cm³/mol. The maximum Gasteiger partial charge on any atom is 0.338 e. The van der Waals surface area contributed by atoms with Gasteiger partial charge in [0, 0.05) is 22.9 Å². The number of carbonyl (C=O) groups excluding carboxylic acids is 1. The predicted octanol–water partition coefficient (Wildman–Crippen LogP) is 5.06. The van der Waals surface area contributed by atoms with E-state index in [1.807, 2.05) is 98.1 Å². The highest BCUT2D eigenvalue weighted by Crippen LogP contribution is 2.35. The van der Waals surface area contributed by atoms with E-state index in [1.165, 1.54) is 11.3 Å². The molecule has 0 radical (unpaired) electrons. The lowest BCUT2D eigenvalue weighted by Crippen LogP contribution is -2.40. The molecule has 5 aromatic rings. The van der Waals surface area contributed by atoms with E-state index in [0.717, 1.165) is 22.6 Å². The average molecular weight is 621 g/mol. The smallest absolute Gasteiger partial charge is 0.338 e. The zero-order chi connectivity index (χ0) is 31.5. The summed E-state index contributed by atoms with van der Waals surface area (Å²) in [6.45, 7) is 6.22. The van der Waals surface area contributed by atoms with Gasteiger partial charge in [0.05, 0.1) is 41.8 Å². The van der Waals surface area contributed by atoms with Crippen LogP contribution in [0, 0.1) is 0 Å². The number of fused-ring (bicyclic) bond motifs is 1. The Hall–Kier alpha value is -5.22. The molecule has 3 aromatic carbocycles. The van der Waals surface area contributed by atoms with Gasteiger partial charge in [0.1, 0.15) is 23.2 Å². The fourth-order valence-electron chi connectivity index (χ4n) is 5.43. The van der Waals surface area contributed by atoms with E-state index in [1.54, 1.807) is 30.2 Å². The molecule has 3 heterocycles. The highest BCUT2D eigenvalue weighted by Gasteiger charge is 2.35. The van der Waals surface area contributed by atoms with Crippen molar-refractivity contribution < 1.29 is 19.0 Å². The summed E-state index contributed by atoms with van der Waals surface area (Å²) in [4.78, 5) is 32.8. The molecular weight excluding hydrogens is 588 g/mol. The summed E-state index contributed by atoms with van der Waals surface area (Å²) in [6.07, 6.45) is 3.75. The van der Waals surface area contributed by atoms with Gasteiger partial charge in [0.15, 0.2) is 4.80 Å². The Morgan fingerprint density at radius 2 is 1.71 bits per heavy atom. The number of allylic oxidation sites excluding steroid dienone is 1. The summed E-state index contributed by atoms with van der Waals surface area (Å²) in [5.74, 6) is 0.795. The minimum atomic E-state index is -0.781. The monoisotopic (exact) mass is 620 g/mol. The van der Waals surface area contributed by atoms with E-state index < -0.39 is 12.0 Å². The minimum absolute atomic E-state index is 0.193. The summed E-state index contributed by atoms with van der Waals surface area (Å²) < 4.78 is 20.5. The van der Waals surface area contributed by atoms with Gasteiger partial charge < -0.3 is 14.2 Å². The number of benzene rings is 3. The van der Waals surface area contributed by atoms with Crippen LogP contribution in [0.5, 0.6) is 11.5 Å². The van der Waals surface area contributed by atoms with Crippen LogP contribution in [-0.2, 0) is 9.53 Å². The first-order valence-corrected chi connectivity index (χ1v) is 15.5. The number of aromatic nitrogens is 3. The molecule has 0 saturated heterocycles. The number of methoxy groups -OCH3 is 1. The van der Waals surface area contributed by atoms with Crippen LogP contribution >= 0.6 is 11.3 Å². The number of thiazole rings is 1. The Balaban J connectivity index is 1.55. The van der Waals surface area contributed by atoms with E-state index in [9.17, 15) is 9.59 Å². The molecule has 0 N–H and O–H groups in total. The normalized spacial score (nSPS) is 14.6. The Morgan fingerprint density at radius 1 is 0.978 bits per heavy atom. The van der Waals surface area contributed by atoms with Crippen molar-refractivity contribution in [2.75, 3.05) is 20.3 Å². The molecule has 0 spiro atoms. The van der Waals surface area contributed by atoms with Crippen molar-refractivity contribution in [1.82, 2.24) is 14.3 Å². The molecule has 0 amide bonds. The number of ether oxygens (including phenoxy) is 3. The highest BCUT2D eigenvalue weighted by molar-refractivity contribution is 7.07. The third kappa shape index (κ3) is 5.72. The van der Waals surface area contributed by atoms with E-state index >= 15 is 0 Å². The first-order chi connectivity index (χ1) is 21.9. The first kappa shape index (κ1) is 29.8. The molecule has 1 atom stereocenters. The molecule has 0 aliphatic carbocycles. The standard InChI is InChI=1S/C35H32N4O5S/c1-5-43-26-18-16-23(17-19-26)31-24(21-38(37-31)25-12-8-7-9-13-25)20-29-33(40)39-32(27-14-10-11-15-28(27)42-4)30(34(41)44-6-2)22(3)36-35(39)45-29/h7-21,32H,5-6H2,1-4H3/b29-20-. The molecule has 228 valence electrons. The highest BCUT2D eigenvalue weighted by atomic mass is 32.1. The Kier molecular flexibility index (Phi) is 8.48. The fraction of sp³-hybridized carbons (Fsp3) is 0.200. The molecule has 1 aliphatic heterocycles. The number of hydrogen-bond acceptors (Lipinski definition) is 8. The zero-order valence-corrected chi connectivity index (χ0v) is 26.2. The summed E-state index contributed by atoms with van der Waals surface area (Å²) in [6, 6.07) is 24.1. The number of hydrogen-bond donors (Lipinski definition) is 0. The third-order valence-corrected chi connectivity index (χ3v) is 8.42. The van der Waals surface area contributed by atoms with Gasteiger partial charge in [-0.3, -0.25) is 9.36 Å². The van der Waals surface area contributed by atoms with E-state index in [0.29, 0.717) is 44.2 Å². The second kappa shape index (κ2) is 12.8. The van der Waals surface area contributed by atoms with Crippen LogP contribution in [0.3, 0.4) is 0 Å². The van der Waals surface area contributed by atoms with Gasteiger partial charge >= 0.3 is 5.97 Å². The SMILES string of the molecule is CCOC(=O)C1=C(C)N=c2s/c(=C\c3cn(-c4ccccc4)nc3-c3ccc(OCC)cc3)c(=O)n2C1c1ccccc1OC. The summed E-state index contributed by atoms with van der Waals surface area (Å²) in [7, 11) is 1.57. The third-order valence-electron chi connectivity index (χ3n) is 7.44. The molecule has 6 rings (SSSR count). The second-order valence-electron chi connectivity index (χ2n) is 10.2. The van der Waals surface area contributed by atoms with Crippen molar-refractivity contribution in [1.29, 1.82) is 0 Å². The largest absolute Gasteiger partial charge is 0.496 e. The number of esters is 1. The zero-order valence-electron chi connectivity index (χ0n) is 25.4. The molecule has 10 heteroatoms. The Bertz CT molecular complexity index is 2070. The van der Waals surface area contributed by atoms with Crippen LogP contribution in [0.1, 0.15) is 37.9 Å². The van der Waals surface area contributed by atoms with Gasteiger partial charge in [-0.2, -0.15) is 5.10 Å². The van der Waals surface area contributed by atoms with E-state index in [-0.39, 0.29) is 12.2 Å². The van der Waals surface area contributed by atoms with Crippen LogP contribution in [0.4, 0.5) is 0 Å². The maximum absolute atomic E-state index is 14.3. The summed E-state index contributed by atoms with van der Waals surface area (Å²) in [5.41, 5.74) is 4.39. The second-order valence-corrected chi connectivity index (χ2v) is 11.2. The molecular formula is C35H32N4O5S. The molecule has 0 saturated carbocycles. The van der Waals surface area contributed by atoms with Crippen LogP contribution < -0.4 is 24.4 Å². The van der Waals surface area contributed by atoms with E-state index in [4.69, 9.17) is 24.3 Å². The van der Waals surface area contributed by atoms with Gasteiger partial charge in [0.2, 0.25) is 0 Å². The van der Waals surface area contributed by atoms with Gasteiger partial charge in [-0.1, -0.05) is 47.7 Å². The maximum atomic E-state index is 14.3. The topological polar surface area (TPSA) is 96.9 Å². The van der Waals surface area contributed by atoms with Crippen molar-refractivity contribution in [3.05, 3.63) is 127 Å². The number of carbonyl (C=O) groups is 1. The van der Waals surface area contributed by atoms with E-state index in [2.05, 4.69) is 0 Å². The van der Waals surface area contributed by atoms with Crippen LogP contribution in [-0.4, -0.2) is 40.6 Å². The van der Waals surface area contributed by atoms with Gasteiger partial charge in [-0.05, 0) is 69.3 Å². The minimum Gasteiger partial charge on any atom is -0.496 e.